The van der Waals surface area contributed by atoms with E-state index in [1.54, 1.807) is 10.6 Å². The Morgan fingerprint density at radius 3 is 2.94 bits per heavy atom. The van der Waals surface area contributed by atoms with Gasteiger partial charge in [-0.25, -0.2) is 8.78 Å². The number of aromatic nitrogens is 2. The van der Waals surface area contributed by atoms with Crippen molar-refractivity contribution in [1.29, 1.82) is 0 Å². The van der Waals surface area contributed by atoms with Gasteiger partial charge in [-0.15, -0.1) is 0 Å². The molecule has 2 rings (SSSR count). The first-order chi connectivity index (χ1) is 8.59. The van der Waals surface area contributed by atoms with Gasteiger partial charge in [0.1, 0.15) is 6.61 Å². The summed E-state index contributed by atoms with van der Waals surface area (Å²) >= 11 is 11.2. The second-order valence-corrected chi connectivity index (χ2v) is 4.48. The van der Waals surface area contributed by atoms with Gasteiger partial charge in [-0.05, 0) is 24.4 Å². The summed E-state index contributed by atoms with van der Waals surface area (Å²) in [6, 6.07) is 5.42. The Hall–Kier alpha value is -0.980. The molecule has 2 aromatic rings. The summed E-state index contributed by atoms with van der Waals surface area (Å²) in [5.74, 6) is 0. The highest BCUT2D eigenvalue weighted by Gasteiger charge is 2.08. The minimum Gasteiger partial charge on any atom is -0.374 e. The fourth-order valence-electron chi connectivity index (χ4n) is 1.72. The van der Waals surface area contributed by atoms with E-state index in [0.29, 0.717) is 16.3 Å². The van der Waals surface area contributed by atoms with Crippen molar-refractivity contribution < 1.29 is 13.5 Å². The van der Waals surface area contributed by atoms with E-state index >= 15 is 0 Å². The maximum atomic E-state index is 11.9. The number of alkyl halides is 2. The van der Waals surface area contributed by atoms with Crippen LogP contribution < -0.4 is 0 Å². The average molecular weight is 293 g/mol. The third kappa shape index (κ3) is 2.88. The first-order valence-corrected chi connectivity index (χ1v) is 6.11. The maximum Gasteiger partial charge on any atom is 0.261 e. The Kier molecular flexibility index (Phi) is 4.31. The van der Waals surface area contributed by atoms with Crippen LogP contribution in [-0.2, 0) is 11.3 Å². The minimum absolute atomic E-state index is 0.164. The zero-order valence-corrected chi connectivity index (χ0v) is 10.9. The van der Waals surface area contributed by atoms with Gasteiger partial charge in [0.25, 0.3) is 6.43 Å². The summed E-state index contributed by atoms with van der Waals surface area (Å²) in [4.78, 5) is 3.01. The molecule has 0 aliphatic heterocycles. The van der Waals surface area contributed by atoms with Crippen molar-refractivity contribution in [3.8, 4) is 0 Å². The third-order valence-corrected chi connectivity index (χ3v) is 3.07. The third-order valence-electron chi connectivity index (χ3n) is 2.45. The Bertz CT molecular complexity index is 596. The molecule has 0 spiro atoms. The molecule has 0 aliphatic rings. The van der Waals surface area contributed by atoms with E-state index in [-0.39, 0.29) is 6.61 Å². The highest BCUT2D eigenvalue weighted by Crippen LogP contribution is 2.23. The lowest BCUT2D eigenvalue weighted by atomic mass is 10.3. The summed E-state index contributed by atoms with van der Waals surface area (Å²) < 4.78 is 30.9. The van der Waals surface area contributed by atoms with Gasteiger partial charge in [-0.2, -0.15) is 0 Å². The molecule has 1 aromatic carbocycles. The Morgan fingerprint density at radius 1 is 1.44 bits per heavy atom. The molecule has 7 heteroatoms. The van der Waals surface area contributed by atoms with Gasteiger partial charge in [0, 0.05) is 6.54 Å². The van der Waals surface area contributed by atoms with E-state index in [1.165, 1.54) is 0 Å². The van der Waals surface area contributed by atoms with E-state index in [1.807, 2.05) is 12.1 Å². The van der Waals surface area contributed by atoms with Gasteiger partial charge < -0.3 is 14.3 Å². The molecule has 0 saturated heterocycles. The lowest BCUT2D eigenvalue weighted by Crippen LogP contribution is -2.10. The van der Waals surface area contributed by atoms with Crippen molar-refractivity contribution >= 4 is 34.9 Å². The van der Waals surface area contributed by atoms with Crippen LogP contribution in [0.4, 0.5) is 8.78 Å². The summed E-state index contributed by atoms with van der Waals surface area (Å²) in [5, 5.41) is 0.564. The van der Waals surface area contributed by atoms with Crippen LogP contribution in [0.3, 0.4) is 0 Å². The summed E-state index contributed by atoms with van der Waals surface area (Å²) in [6.45, 7) is -0.0183. The van der Waals surface area contributed by atoms with Gasteiger partial charge in [-0.3, -0.25) is 0 Å². The van der Waals surface area contributed by atoms with E-state index < -0.39 is 13.0 Å². The van der Waals surface area contributed by atoms with Crippen molar-refractivity contribution in [3.05, 3.63) is 28.0 Å². The van der Waals surface area contributed by atoms with Gasteiger partial charge in [-0.1, -0.05) is 17.7 Å². The standard InChI is InChI=1S/C11H11ClF2N2OS/c12-7-2-1-3-8-10(7)16(11(18)15-8)4-5-17-6-9(13)14/h1-3,9H,4-6H2,(H,15,18). The number of hydrogen-bond donors (Lipinski definition) is 1. The SMILES string of the molecule is FC(F)COCCn1c(=S)[nH]c2cccc(Cl)c21. The molecule has 98 valence electrons. The fraction of sp³-hybridized carbons (Fsp3) is 0.364. The molecule has 3 nitrogen and oxygen atoms in total. The number of nitrogens with one attached hydrogen (secondary N) is 1. The van der Waals surface area contributed by atoms with Gasteiger partial charge in [0.2, 0.25) is 0 Å². The van der Waals surface area contributed by atoms with E-state index in [0.717, 1.165) is 11.0 Å². The molecule has 0 saturated carbocycles. The van der Waals surface area contributed by atoms with E-state index in [2.05, 4.69) is 4.98 Å². The number of aromatic amines is 1. The number of rotatable bonds is 5. The van der Waals surface area contributed by atoms with Crippen molar-refractivity contribution in [1.82, 2.24) is 9.55 Å². The summed E-state index contributed by atoms with van der Waals surface area (Å²) in [5.41, 5.74) is 1.59. The molecular weight excluding hydrogens is 282 g/mol. The quantitative estimate of drug-likeness (QED) is 0.674. The zero-order chi connectivity index (χ0) is 13.1. The van der Waals surface area contributed by atoms with Gasteiger partial charge >= 0.3 is 0 Å². The maximum absolute atomic E-state index is 11.9. The molecule has 0 aliphatic carbocycles. The predicted molar refractivity (Wildman–Crippen MR) is 69.0 cm³/mol. The molecule has 0 unspecified atom stereocenters. The Labute approximate surface area is 112 Å². The van der Waals surface area contributed by atoms with Crippen molar-refractivity contribution in [2.45, 2.75) is 13.0 Å². The average Bonchev–Trinajstić information content (AvgIpc) is 2.62. The van der Waals surface area contributed by atoms with Gasteiger partial charge in [0.05, 0.1) is 22.7 Å². The van der Waals surface area contributed by atoms with Crippen LogP contribution in [0.2, 0.25) is 5.02 Å². The fourth-order valence-corrected chi connectivity index (χ4v) is 2.29. The smallest absolute Gasteiger partial charge is 0.261 e. The minimum atomic E-state index is -2.45. The summed E-state index contributed by atoms with van der Waals surface area (Å²) in [7, 11) is 0. The highest BCUT2D eigenvalue weighted by molar-refractivity contribution is 7.71. The second kappa shape index (κ2) is 5.77. The number of para-hydroxylation sites is 1. The van der Waals surface area contributed by atoms with Crippen LogP contribution >= 0.6 is 23.8 Å². The van der Waals surface area contributed by atoms with Crippen molar-refractivity contribution in [2.75, 3.05) is 13.2 Å². The van der Waals surface area contributed by atoms with Gasteiger partial charge in [0.15, 0.2) is 4.77 Å². The molecule has 1 heterocycles. The monoisotopic (exact) mass is 292 g/mol. The largest absolute Gasteiger partial charge is 0.374 e. The molecule has 0 bridgehead atoms. The Balaban J connectivity index is 2.17. The predicted octanol–water partition coefficient (Wildman–Crippen LogP) is 3.63. The normalized spacial score (nSPS) is 11.6. The van der Waals surface area contributed by atoms with Crippen LogP contribution in [0, 0.1) is 4.77 Å². The van der Waals surface area contributed by atoms with Crippen LogP contribution in [0.15, 0.2) is 18.2 Å². The number of fused-ring (bicyclic) bond motifs is 1. The van der Waals surface area contributed by atoms with Crippen LogP contribution in [0.1, 0.15) is 0 Å². The molecule has 0 fully saturated rings. The molecule has 1 aromatic heterocycles. The molecular formula is C11H11ClF2N2OS. The topological polar surface area (TPSA) is 29.9 Å². The zero-order valence-electron chi connectivity index (χ0n) is 9.33. The summed E-state index contributed by atoms with van der Waals surface area (Å²) in [6.07, 6.45) is -2.45. The lowest BCUT2D eigenvalue weighted by Gasteiger charge is -2.06. The number of benzene rings is 1. The van der Waals surface area contributed by atoms with E-state index in [4.69, 9.17) is 28.6 Å². The molecule has 18 heavy (non-hydrogen) atoms. The number of nitrogens with zero attached hydrogens (tertiary/aromatic N) is 1. The number of hydrogen-bond acceptors (Lipinski definition) is 2. The van der Waals surface area contributed by atoms with Crippen LogP contribution in [0.25, 0.3) is 11.0 Å². The van der Waals surface area contributed by atoms with E-state index in [9.17, 15) is 8.78 Å². The highest BCUT2D eigenvalue weighted by atomic mass is 35.5. The first kappa shape index (κ1) is 13.5. The number of halogens is 3. The number of imidazole rings is 1. The van der Waals surface area contributed by atoms with Crippen molar-refractivity contribution in [2.24, 2.45) is 0 Å². The lowest BCUT2D eigenvalue weighted by molar-refractivity contribution is 0.0149. The van der Waals surface area contributed by atoms with Crippen LogP contribution in [0.5, 0.6) is 0 Å². The number of H-pyrrole nitrogens is 1. The Morgan fingerprint density at radius 2 is 2.22 bits per heavy atom. The molecule has 0 atom stereocenters. The molecule has 0 amide bonds. The molecule has 1 N–H and O–H groups in total. The first-order valence-electron chi connectivity index (χ1n) is 5.32. The number of ether oxygens (including phenoxy) is 1. The van der Waals surface area contributed by atoms with Crippen LogP contribution in [-0.4, -0.2) is 29.2 Å². The molecule has 0 radical (unpaired) electrons. The van der Waals surface area contributed by atoms with Crippen molar-refractivity contribution in [3.63, 3.8) is 0 Å². The second-order valence-electron chi connectivity index (χ2n) is 3.68.